The molecular weight excluding hydrogens is 152 g/mol. The van der Waals surface area contributed by atoms with Crippen molar-refractivity contribution in [1.82, 2.24) is 0 Å². The van der Waals surface area contributed by atoms with E-state index in [2.05, 4.69) is 40.9 Å². The van der Waals surface area contributed by atoms with Crippen molar-refractivity contribution in [2.24, 2.45) is 11.8 Å². The van der Waals surface area contributed by atoms with Crippen molar-refractivity contribution >= 4 is 11.8 Å². The summed E-state index contributed by atoms with van der Waals surface area (Å²) in [5.74, 6) is 1.10. The van der Waals surface area contributed by atoms with E-state index in [4.69, 9.17) is 0 Å². The summed E-state index contributed by atoms with van der Waals surface area (Å²) in [5, 5.41) is 0. The maximum Gasteiger partial charge on any atom is -0.0152 e. The average Bonchev–Trinajstić information content (AvgIpc) is 1.87. The van der Waals surface area contributed by atoms with Gasteiger partial charge in [-0.25, -0.2) is 0 Å². The van der Waals surface area contributed by atoms with Gasteiger partial charge in [-0.3, -0.25) is 0 Å². The molecule has 11 heavy (non-hydrogen) atoms. The zero-order valence-corrected chi connectivity index (χ0v) is 8.79. The second kappa shape index (κ2) is 4.66. The number of hydrogen-bond acceptors (Lipinski definition) is 1. The van der Waals surface area contributed by atoms with Gasteiger partial charge in [-0.15, -0.1) is 0 Å². The van der Waals surface area contributed by atoms with E-state index in [1.54, 1.807) is 11.8 Å². The topological polar surface area (TPSA) is 0 Å². The van der Waals surface area contributed by atoms with Gasteiger partial charge in [0.25, 0.3) is 0 Å². The highest BCUT2D eigenvalue weighted by Gasteiger charge is 2.05. The first kappa shape index (κ1) is 10.8. The molecule has 0 aromatic carbocycles. The van der Waals surface area contributed by atoms with Crippen LogP contribution in [0, 0.1) is 11.8 Å². The summed E-state index contributed by atoms with van der Waals surface area (Å²) in [7, 11) is 0. The van der Waals surface area contributed by atoms with E-state index < -0.39 is 0 Å². The number of allylic oxidation sites excluding steroid dienone is 2. The first-order valence-corrected chi connectivity index (χ1v) is 4.82. The lowest BCUT2D eigenvalue weighted by Crippen LogP contribution is -1.92. The van der Waals surface area contributed by atoms with Crippen LogP contribution in [-0.2, 0) is 0 Å². The Morgan fingerprint density at radius 1 is 0.909 bits per heavy atom. The molecule has 0 spiro atoms. The number of thioether (sulfide) groups is 1. The third-order valence-corrected chi connectivity index (χ3v) is 3.02. The first-order chi connectivity index (χ1) is 4.95. The fourth-order valence-corrected chi connectivity index (χ4v) is 1.21. The van der Waals surface area contributed by atoms with Crippen LogP contribution in [0.4, 0.5) is 0 Å². The summed E-state index contributed by atoms with van der Waals surface area (Å²) in [6, 6.07) is 0. The third-order valence-electron chi connectivity index (χ3n) is 1.55. The van der Waals surface area contributed by atoms with Gasteiger partial charge in [0.05, 0.1) is 0 Å². The Morgan fingerprint density at radius 2 is 1.18 bits per heavy atom. The molecule has 0 aliphatic heterocycles. The molecule has 0 bridgehead atoms. The second-order valence-corrected chi connectivity index (χ2v) is 4.60. The minimum atomic E-state index is 0.551. The van der Waals surface area contributed by atoms with Crippen molar-refractivity contribution in [1.29, 1.82) is 0 Å². The highest BCUT2D eigenvalue weighted by molar-refractivity contribution is 8.06. The Balaban J connectivity index is 3.86. The summed E-state index contributed by atoms with van der Waals surface area (Å²) in [6.07, 6.45) is 0. The van der Waals surface area contributed by atoms with Gasteiger partial charge in [0, 0.05) is 0 Å². The molecule has 0 radical (unpaired) electrons. The second-order valence-electron chi connectivity index (χ2n) is 3.34. The molecule has 0 aromatic rings. The molecule has 0 saturated carbocycles. The van der Waals surface area contributed by atoms with Crippen molar-refractivity contribution < 1.29 is 0 Å². The molecule has 0 aliphatic rings. The molecule has 0 unspecified atom stereocenters. The lowest BCUT2D eigenvalue weighted by molar-refractivity contribution is 0.807. The lowest BCUT2D eigenvalue weighted by Gasteiger charge is -2.12. The molecule has 0 amide bonds. The van der Waals surface area contributed by atoms with E-state index in [9.17, 15) is 0 Å². The summed E-state index contributed by atoms with van der Waals surface area (Å²) >= 11 is 1.73. The third kappa shape index (κ3) is 4.31. The average molecular weight is 170 g/mol. The Labute approximate surface area is 74.8 Å². The van der Waals surface area contributed by atoms with Crippen molar-refractivity contribution in [2.45, 2.75) is 27.7 Å². The van der Waals surface area contributed by atoms with Crippen molar-refractivity contribution in [2.75, 3.05) is 0 Å². The molecule has 64 valence electrons. The van der Waals surface area contributed by atoms with Gasteiger partial charge in [-0.2, -0.15) is 0 Å². The summed E-state index contributed by atoms with van der Waals surface area (Å²) in [4.78, 5) is 2.42. The minimum Gasteiger partial charge on any atom is -0.0997 e. The molecular formula is C10H18S. The number of hydrogen-bond donors (Lipinski definition) is 0. The smallest absolute Gasteiger partial charge is 0.0152 e. The molecule has 0 fully saturated rings. The maximum absolute atomic E-state index is 3.98. The SMILES string of the molecule is C=C(SC(=C)C(C)C)C(C)C. The van der Waals surface area contributed by atoms with Crippen LogP contribution in [-0.4, -0.2) is 0 Å². The molecule has 0 atom stereocenters. The molecule has 1 heteroatoms. The highest BCUT2D eigenvalue weighted by atomic mass is 32.2. The molecule has 0 nitrogen and oxygen atoms in total. The van der Waals surface area contributed by atoms with Crippen LogP contribution in [0.2, 0.25) is 0 Å². The van der Waals surface area contributed by atoms with E-state index >= 15 is 0 Å². The Kier molecular flexibility index (Phi) is 4.58. The van der Waals surface area contributed by atoms with Gasteiger partial charge in [0.15, 0.2) is 0 Å². The zero-order valence-electron chi connectivity index (χ0n) is 7.98. The van der Waals surface area contributed by atoms with Crippen molar-refractivity contribution in [3.05, 3.63) is 23.0 Å². The Hall–Kier alpha value is -0.170. The van der Waals surface area contributed by atoms with Crippen molar-refractivity contribution in [3.63, 3.8) is 0 Å². The largest absolute Gasteiger partial charge is 0.0997 e. The van der Waals surface area contributed by atoms with Gasteiger partial charge in [-0.1, -0.05) is 52.6 Å². The minimum absolute atomic E-state index is 0.551. The van der Waals surface area contributed by atoms with Crippen LogP contribution >= 0.6 is 11.8 Å². The van der Waals surface area contributed by atoms with Crippen LogP contribution in [0.1, 0.15) is 27.7 Å². The van der Waals surface area contributed by atoms with E-state index in [1.807, 2.05) is 0 Å². The molecule has 0 aliphatic carbocycles. The van der Waals surface area contributed by atoms with Crippen LogP contribution in [0.5, 0.6) is 0 Å². The summed E-state index contributed by atoms with van der Waals surface area (Å²) in [6.45, 7) is 16.6. The Morgan fingerprint density at radius 3 is 1.36 bits per heavy atom. The normalized spacial score (nSPS) is 10.7. The van der Waals surface area contributed by atoms with Crippen LogP contribution < -0.4 is 0 Å². The fraction of sp³-hybridized carbons (Fsp3) is 0.600. The van der Waals surface area contributed by atoms with E-state index in [-0.39, 0.29) is 0 Å². The predicted molar refractivity (Wildman–Crippen MR) is 55.5 cm³/mol. The predicted octanol–water partition coefficient (Wildman–Crippen LogP) is 4.06. The number of rotatable bonds is 4. The van der Waals surface area contributed by atoms with Gasteiger partial charge in [0.2, 0.25) is 0 Å². The van der Waals surface area contributed by atoms with Gasteiger partial charge < -0.3 is 0 Å². The van der Waals surface area contributed by atoms with Crippen LogP contribution in [0.3, 0.4) is 0 Å². The highest BCUT2D eigenvalue weighted by Crippen LogP contribution is 2.32. The monoisotopic (exact) mass is 170 g/mol. The Bertz CT molecular complexity index is 136. The molecule has 0 heterocycles. The standard InChI is InChI=1S/C10H18S/c1-7(2)9(5)11-10(6)8(3)4/h7-8H,5-6H2,1-4H3. The van der Waals surface area contributed by atoms with Crippen LogP contribution in [0.25, 0.3) is 0 Å². The lowest BCUT2D eigenvalue weighted by atomic mass is 10.2. The van der Waals surface area contributed by atoms with Crippen molar-refractivity contribution in [3.8, 4) is 0 Å². The van der Waals surface area contributed by atoms with E-state index in [0.29, 0.717) is 11.8 Å². The molecule has 0 N–H and O–H groups in total. The molecule has 0 rings (SSSR count). The van der Waals surface area contributed by atoms with Crippen LogP contribution in [0.15, 0.2) is 23.0 Å². The fourth-order valence-electron chi connectivity index (χ4n) is 0.404. The molecule has 0 saturated heterocycles. The molecule has 0 aromatic heterocycles. The van der Waals surface area contributed by atoms with E-state index in [1.165, 1.54) is 9.81 Å². The van der Waals surface area contributed by atoms with Gasteiger partial charge >= 0.3 is 0 Å². The van der Waals surface area contributed by atoms with E-state index in [0.717, 1.165) is 0 Å². The maximum atomic E-state index is 3.98. The van der Waals surface area contributed by atoms with Gasteiger partial charge in [-0.05, 0) is 21.6 Å². The summed E-state index contributed by atoms with van der Waals surface area (Å²) < 4.78 is 0. The van der Waals surface area contributed by atoms with Gasteiger partial charge in [0.1, 0.15) is 0 Å². The summed E-state index contributed by atoms with van der Waals surface area (Å²) in [5.41, 5.74) is 0. The quantitative estimate of drug-likeness (QED) is 0.613. The zero-order chi connectivity index (χ0) is 9.02. The first-order valence-electron chi connectivity index (χ1n) is 4.00.